The van der Waals surface area contributed by atoms with Crippen LogP contribution in [0.5, 0.6) is 5.75 Å². The number of carbonyl (C=O) groups excluding carboxylic acids is 2. The first-order valence-electron chi connectivity index (χ1n) is 13.6. The lowest BCUT2D eigenvalue weighted by atomic mass is 10.1. The number of nitrogens with zero attached hydrogens (tertiary/aromatic N) is 7. The number of carbonyl (C=O) groups is 2. The molecule has 0 unspecified atom stereocenters. The molecule has 5 rings (SSSR count). The van der Waals surface area contributed by atoms with Gasteiger partial charge in [-0.2, -0.15) is 5.10 Å². The number of fused-ring (bicyclic) bond motifs is 1. The third-order valence-corrected chi connectivity index (χ3v) is 7.16. The molecule has 12 nitrogen and oxygen atoms in total. The highest BCUT2D eigenvalue weighted by molar-refractivity contribution is 6.02. The lowest BCUT2D eigenvalue weighted by Gasteiger charge is -2.37. The summed E-state index contributed by atoms with van der Waals surface area (Å²) in [4.78, 5) is 39.7. The van der Waals surface area contributed by atoms with Crippen LogP contribution in [-0.4, -0.2) is 95.3 Å². The van der Waals surface area contributed by atoms with Crippen molar-refractivity contribution in [1.82, 2.24) is 29.5 Å². The fraction of sp³-hybridized carbons (Fsp3) is 0.300. The Bertz CT molecular complexity index is 1620. The Morgan fingerprint density at radius 1 is 1.07 bits per heavy atom. The molecule has 1 fully saturated rings. The molecule has 2 amide bonds. The molecule has 3 heterocycles. The summed E-state index contributed by atoms with van der Waals surface area (Å²) in [5.41, 5.74) is 4.72. The van der Waals surface area contributed by atoms with Crippen LogP contribution in [-0.2, 0) is 16.6 Å². The summed E-state index contributed by atoms with van der Waals surface area (Å²) in [6, 6.07) is 11.6. The lowest BCUT2D eigenvalue weighted by molar-refractivity contribution is -0.132. The molecule has 42 heavy (non-hydrogen) atoms. The van der Waals surface area contributed by atoms with E-state index in [1.807, 2.05) is 78.2 Å². The number of methoxy groups -OCH3 is 1. The molecule has 0 atom stereocenters. The molecule has 1 aliphatic heterocycles. The van der Waals surface area contributed by atoms with Gasteiger partial charge in [0.1, 0.15) is 17.9 Å². The number of rotatable bonds is 9. The van der Waals surface area contributed by atoms with Gasteiger partial charge in [-0.1, -0.05) is 12.6 Å². The van der Waals surface area contributed by atoms with Gasteiger partial charge in [-0.25, -0.2) is 9.97 Å². The number of anilines is 4. The first-order chi connectivity index (χ1) is 20.2. The van der Waals surface area contributed by atoms with Crippen molar-refractivity contribution in [3.63, 3.8) is 0 Å². The van der Waals surface area contributed by atoms with Crippen LogP contribution in [0.1, 0.15) is 0 Å². The summed E-state index contributed by atoms with van der Waals surface area (Å²) < 4.78 is 7.59. The maximum atomic E-state index is 12.6. The zero-order valence-corrected chi connectivity index (χ0v) is 24.3. The number of likely N-dealkylation sites (N-methyl/N-ethyl adjacent to an activating group) is 1. The Kier molecular flexibility index (Phi) is 8.34. The van der Waals surface area contributed by atoms with Crippen LogP contribution in [0.4, 0.5) is 22.9 Å². The second-order valence-corrected chi connectivity index (χ2v) is 10.3. The first-order valence-corrected chi connectivity index (χ1v) is 13.6. The molecule has 1 aliphatic rings. The van der Waals surface area contributed by atoms with Crippen molar-refractivity contribution in [3.8, 4) is 17.0 Å². The number of nitrogens with one attached hydrogen (secondary N) is 2. The van der Waals surface area contributed by atoms with Crippen LogP contribution in [0.2, 0.25) is 0 Å². The summed E-state index contributed by atoms with van der Waals surface area (Å²) in [5.74, 6) is 0.903. The largest absolute Gasteiger partial charge is 0.494 e. The minimum atomic E-state index is -0.331. The highest BCUT2D eigenvalue weighted by Crippen LogP contribution is 2.39. The molecule has 0 bridgehead atoms. The Morgan fingerprint density at radius 2 is 1.86 bits per heavy atom. The monoisotopic (exact) mass is 569 g/mol. The van der Waals surface area contributed by atoms with E-state index in [1.165, 1.54) is 12.4 Å². The van der Waals surface area contributed by atoms with Crippen LogP contribution in [0.15, 0.2) is 61.6 Å². The van der Waals surface area contributed by atoms with Gasteiger partial charge < -0.3 is 30.1 Å². The van der Waals surface area contributed by atoms with Gasteiger partial charge in [0, 0.05) is 56.3 Å². The molecule has 0 radical (unpaired) electrons. The van der Waals surface area contributed by atoms with Crippen molar-refractivity contribution in [2.75, 3.05) is 69.5 Å². The normalized spacial score (nSPS) is 13.4. The van der Waals surface area contributed by atoms with Crippen LogP contribution in [0.25, 0.3) is 22.2 Å². The minimum Gasteiger partial charge on any atom is -0.494 e. The van der Waals surface area contributed by atoms with Crippen molar-refractivity contribution in [3.05, 3.63) is 61.6 Å². The summed E-state index contributed by atoms with van der Waals surface area (Å²) >= 11 is 0. The van der Waals surface area contributed by atoms with Crippen LogP contribution >= 0.6 is 0 Å². The topological polar surface area (TPSA) is 121 Å². The fourth-order valence-electron chi connectivity index (χ4n) is 4.99. The highest BCUT2D eigenvalue weighted by atomic mass is 16.5. The van der Waals surface area contributed by atoms with Crippen molar-refractivity contribution in [2.45, 2.75) is 0 Å². The van der Waals surface area contributed by atoms with Crippen molar-refractivity contribution in [2.24, 2.45) is 7.05 Å². The predicted octanol–water partition coefficient (Wildman–Crippen LogP) is 3.12. The van der Waals surface area contributed by atoms with Crippen molar-refractivity contribution < 1.29 is 14.3 Å². The molecular formula is C30H35N9O3. The van der Waals surface area contributed by atoms with Crippen LogP contribution in [0.3, 0.4) is 0 Å². The Labute approximate surface area is 244 Å². The standard InChI is InChI=1S/C30H35N9O3/c1-6-29(40)35-23-14-24(27(42-5)16-26(23)38-9-11-39(12-10-38)30(41)18-36(2)3)34-28-15-22(31-19-32-28)20-7-8-25-21(13-20)17-33-37(25)4/h6-8,13-17,19H,1,9-12,18H2,2-5H3,(H,35,40)(H,31,32,34). The minimum absolute atomic E-state index is 0.0986. The Morgan fingerprint density at radius 3 is 2.57 bits per heavy atom. The van der Waals surface area contributed by atoms with Gasteiger partial charge in [-0.3, -0.25) is 14.3 Å². The number of ether oxygens (including phenoxy) is 1. The van der Waals surface area contributed by atoms with E-state index in [4.69, 9.17) is 4.74 Å². The summed E-state index contributed by atoms with van der Waals surface area (Å²) in [6.45, 7) is 6.36. The van der Waals surface area contributed by atoms with E-state index in [-0.39, 0.29) is 11.8 Å². The van der Waals surface area contributed by atoms with Gasteiger partial charge in [0.25, 0.3) is 0 Å². The lowest BCUT2D eigenvalue weighted by Crippen LogP contribution is -2.50. The predicted molar refractivity (Wildman–Crippen MR) is 164 cm³/mol. The Hall–Kier alpha value is -4.97. The molecule has 218 valence electrons. The number of hydrogen-bond donors (Lipinski definition) is 2. The highest BCUT2D eigenvalue weighted by Gasteiger charge is 2.25. The molecule has 2 aromatic heterocycles. The zero-order valence-electron chi connectivity index (χ0n) is 24.3. The number of aryl methyl sites for hydroxylation is 1. The second-order valence-electron chi connectivity index (χ2n) is 10.3. The molecule has 2 aromatic carbocycles. The fourth-order valence-corrected chi connectivity index (χ4v) is 4.99. The van der Waals surface area contributed by atoms with Gasteiger partial charge in [-0.15, -0.1) is 0 Å². The summed E-state index contributed by atoms with van der Waals surface area (Å²) in [6.07, 6.45) is 4.56. The van der Waals surface area contributed by atoms with E-state index < -0.39 is 0 Å². The first kappa shape index (κ1) is 28.6. The van der Waals surface area contributed by atoms with E-state index in [0.717, 1.165) is 27.8 Å². The van der Waals surface area contributed by atoms with E-state index in [0.29, 0.717) is 55.7 Å². The number of hydrogen-bond acceptors (Lipinski definition) is 9. The molecule has 4 aromatic rings. The van der Waals surface area contributed by atoms with E-state index >= 15 is 0 Å². The van der Waals surface area contributed by atoms with Crippen LogP contribution < -0.4 is 20.3 Å². The third kappa shape index (κ3) is 6.18. The number of aromatic nitrogens is 4. The number of amides is 2. The molecule has 0 aliphatic carbocycles. The molecule has 0 spiro atoms. The van der Waals surface area contributed by atoms with Gasteiger partial charge in [0.05, 0.1) is 48.1 Å². The van der Waals surface area contributed by atoms with Crippen LogP contribution in [0, 0.1) is 0 Å². The number of piperazine rings is 1. The van der Waals surface area contributed by atoms with E-state index in [1.54, 1.807) is 7.11 Å². The number of benzene rings is 2. The molecular weight excluding hydrogens is 534 g/mol. The summed E-state index contributed by atoms with van der Waals surface area (Å²) in [7, 11) is 7.27. The molecule has 12 heteroatoms. The van der Waals surface area contributed by atoms with Gasteiger partial charge in [0.15, 0.2) is 0 Å². The Balaban J connectivity index is 1.41. The second kappa shape index (κ2) is 12.3. The third-order valence-electron chi connectivity index (χ3n) is 7.16. The molecule has 1 saturated heterocycles. The quantitative estimate of drug-likeness (QED) is 0.293. The zero-order chi connectivity index (χ0) is 29.8. The average molecular weight is 570 g/mol. The van der Waals surface area contributed by atoms with Crippen molar-refractivity contribution in [1.29, 1.82) is 0 Å². The van der Waals surface area contributed by atoms with Gasteiger partial charge in [-0.05, 0) is 38.4 Å². The van der Waals surface area contributed by atoms with E-state index in [9.17, 15) is 9.59 Å². The van der Waals surface area contributed by atoms with Crippen molar-refractivity contribution >= 4 is 45.6 Å². The molecule has 0 saturated carbocycles. The van der Waals surface area contributed by atoms with Gasteiger partial charge in [0.2, 0.25) is 11.8 Å². The SMILES string of the molecule is C=CC(=O)Nc1cc(Nc2cc(-c3ccc4c(cnn4C)c3)ncn2)c(OC)cc1N1CCN(C(=O)CN(C)C)CC1. The maximum absolute atomic E-state index is 12.6. The average Bonchev–Trinajstić information content (AvgIpc) is 3.37. The van der Waals surface area contributed by atoms with E-state index in [2.05, 4.69) is 37.2 Å². The summed E-state index contributed by atoms with van der Waals surface area (Å²) in [5, 5.41) is 11.6. The smallest absolute Gasteiger partial charge is 0.247 e. The van der Waals surface area contributed by atoms with Gasteiger partial charge >= 0.3 is 0 Å². The maximum Gasteiger partial charge on any atom is 0.247 e. The molecule has 2 N–H and O–H groups in total.